The second-order valence-electron chi connectivity index (χ2n) is 8.40. The SMILES string of the molecule is Cc1c(N2CCc3cnc(Nc4ccc(OCS(C)(=O)=O)cc4)nc3C2)cnc2c1NCCO2. The van der Waals surface area contributed by atoms with Gasteiger partial charge in [0.2, 0.25) is 11.8 Å². The van der Waals surface area contributed by atoms with Crippen molar-refractivity contribution in [2.75, 3.05) is 47.4 Å². The quantitative estimate of drug-likeness (QED) is 0.543. The van der Waals surface area contributed by atoms with Gasteiger partial charge >= 0.3 is 0 Å². The Bertz CT molecular complexity index is 1310. The minimum absolute atomic E-state index is 0.355. The maximum Gasteiger partial charge on any atom is 0.237 e. The van der Waals surface area contributed by atoms with Crippen molar-refractivity contribution in [1.29, 1.82) is 0 Å². The maximum atomic E-state index is 11.3. The number of pyridine rings is 1. The maximum absolute atomic E-state index is 11.3. The molecule has 5 rings (SSSR count). The fourth-order valence-electron chi connectivity index (χ4n) is 4.04. The van der Waals surface area contributed by atoms with E-state index in [4.69, 9.17) is 14.5 Å². The Hall–Kier alpha value is -3.60. The number of rotatable bonds is 6. The Kier molecular flexibility index (Phi) is 5.86. The Labute approximate surface area is 198 Å². The lowest BCUT2D eigenvalue weighted by Gasteiger charge is -2.32. The summed E-state index contributed by atoms with van der Waals surface area (Å²) in [5, 5.41) is 6.60. The summed E-state index contributed by atoms with van der Waals surface area (Å²) in [6, 6.07) is 7.00. The van der Waals surface area contributed by atoms with E-state index in [0.717, 1.165) is 59.6 Å². The second kappa shape index (κ2) is 8.98. The Morgan fingerprint density at radius 1 is 1.21 bits per heavy atom. The number of nitrogens with one attached hydrogen (secondary N) is 2. The third-order valence-corrected chi connectivity index (χ3v) is 6.30. The van der Waals surface area contributed by atoms with E-state index in [9.17, 15) is 8.42 Å². The van der Waals surface area contributed by atoms with Crippen LogP contribution >= 0.6 is 0 Å². The first-order valence-corrected chi connectivity index (χ1v) is 13.1. The number of anilines is 4. The van der Waals surface area contributed by atoms with Crippen LogP contribution in [-0.2, 0) is 22.8 Å². The van der Waals surface area contributed by atoms with Gasteiger partial charge in [-0.25, -0.2) is 23.4 Å². The normalized spacial score (nSPS) is 14.9. The molecule has 2 N–H and O–H groups in total. The van der Waals surface area contributed by atoms with Crippen LogP contribution in [0, 0.1) is 6.92 Å². The minimum atomic E-state index is -3.20. The number of sulfone groups is 1. The van der Waals surface area contributed by atoms with Crippen LogP contribution < -0.4 is 25.0 Å². The van der Waals surface area contributed by atoms with Gasteiger partial charge in [0.15, 0.2) is 15.8 Å². The lowest BCUT2D eigenvalue weighted by atomic mass is 10.0. The molecule has 2 aliphatic rings. The fourth-order valence-corrected chi connectivity index (χ4v) is 4.39. The molecule has 0 saturated heterocycles. The van der Waals surface area contributed by atoms with E-state index in [1.165, 1.54) is 0 Å². The van der Waals surface area contributed by atoms with Crippen LogP contribution in [0.1, 0.15) is 16.8 Å². The van der Waals surface area contributed by atoms with Gasteiger partial charge in [-0.1, -0.05) is 0 Å². The molecule has 0 saturated carbocycles. The number of aromatic nitrogens is 3. The van der Waals surface area contributed by atoms with Crippen molar-refractivity contribution in [3.8, 4) is 11.6 Å². The predicted octanol–water partition coefficient (Wildman–Crippen LogP) is 2.67. The van der Waals surface area contributed by atoms with Gasteiger partial charge in [0, 0.05) is 36.8 Å². The van der Waals surface area contributed by atoms with E-state index < -0.39 is 9.84 Å². The van der Waals surface area contributed by atoms with Crippen molar-refractivity contribution >= 4 is 32.8 Å². The van der Waals surface area contributed by atoms with Gasteiger partial charge in [0.1, 0.15) is 18.0 Å². The molecule has 3 aromatic rings. The van der Waals surface area contributed by atoms with Gasteiger partial charge < -0.3 is 25.0 Å². The van der Waals surface area contributed by atoms with Crippen LogP contribution in [0.15, 0.2) is 36.7 Å². The van der Waals surface area contributed by atoms with Gasteiger partial charge in [0.05, 0.1) is 24.1 Å². The van der Waals surface area contributed by atoms with Gasteiger partial charge in [-0.2, -0.15) is 0 Å². The molecule has 34 heavy (non-hydrogen) atoms. The first kappa shape index (κ1) is 22.2. The van der Waals surface area contributed by atoms with E-state index in [2.05, 4.69) is 32.4 Å². The number of ether oxygens (including phenoxy) is 2. The third-order valence-electron chi connectivity index (χ3n) is 5.76. The monoisotopic (exact) mass is 482 g/mol. The molecule has 0 atom stereocenters. The van der Waals surface area contributed by atoms with Crippen LogP contribution in [0.3, 0.4) is 0 Å². The lowest BCUT2D eigenvalue weighted by molar-refractivity contribution is 0.310. The van der Waals surface area contributed by atoms with E-state index in [1.807, 2.05) is 12.4 Å². The molecule has 4 heterocycles. The zero-order valence-electron chi connectivity index (χ0n) is 19.0. The van der Waals surface area contributed by atoms with Gasteiger partial charge in [-0.05, 0) is 43.2 Å². The van der Waals surface area contributed by atoms with Crippen molar-refractivity contribution in [2.24, 2.45) is 0 Å². The van der Waals surface area contributed by atoms with Gasteiger partial charge in [-0.15, -0.1) is 0 Å². The second-order valence-corrected chi connectivity index (χ2v) is 10.5. The summed E-state index contributed by atoms with van der Waals surface area (Å²) in [4.78, 5) is 16.0. The topological polar surface area (TPSA) is 119 Å². The van der Waals surface area contributed by atoms with E-state index in [1.54, 1.807) is 24.3 Å². The summed E-state index contributed by atoms with van der Waals surface area (Å²) in [5.74, 6) is 1.28. The molecule has 2 aromatic heterocycles. The molecule has 0 radical (unpaired) electrons. The summed E-state index contributed by atoms with van der Waals surface area (Å²) in [6.07, 6.45) is 5.73. The highest BCUT2D eigenvalue weighted by molar-refractivity contribution is 7.90. The number of hydrogen-bond acceptors (Lipinski definition) is 10. The molecule has 2 aliphatic heterocycles. The largest absolute Gasteiger partial charge is 0.478 e. The summed E-state index contributed by atoms with van der Waals surface area (Å²) in [6.45, 7) is 5.00. The molecule has 0 fully saturated rings. The number of fused-ring (bicyclic) bond motifs is 2. The highest BCUT2D eigenvalue weighted by Gasteiger charge is 2.24. The lowest BCUT2D eigenvalue weighted by Crippen LogP contribution is -2.32. The number of hydrogen-bond donors (Lipinski definition) is 2. The van der Waals surface area contributed by atoms with E-state index in [-0.39, 0.29) is 5.94 Å². The van der Waals surface area contributed by atoms with Gasteiger partial charge in [-0.3, -0.25) is 0 Å². The summed E-state index contributed by atoms with van der Waals surface area (Å²) >= 11 is 0. The first-order valence-electron chi connectivity index (χ1n) is 11.0. The fraction of sp³-hybridized carbons (Fsp3) is 0.348. The van der Waals surface area contributed by atoms with E-state index in [0.29, 0.717) is 30.7 Å². The summed E-state index contributed by atoms with van der Waals surface area (Å²) < 4.78 is 33.4. The molecule has 0 aliphatic carbocycles. The Balaban J connectivity index is 1.30. The van der Waals surface area contributed by atoms with Crippen molar-refractivity contribution in [3.05, 3.63) is 53.5 Å². The molecule has 0 unspecified atom stereocenters. The van der Waals surface area contributed by atoms with Crippen molar-refractivity contribution in [3.63, 3.8) is 0 Å². The first-order chi connectivity index (χ1) is 16.4. The molecule has 178 valence electrons. The van der Waals surface area contributed by atoms with E-state index >= 15 is 0 Å². The van der Waals surface area contributed by atoms with Crippen molar-refractivity contribution < 1.29 is 17.9 Å². The van der Waals surface area contributed by atoms with Crippen LogP contribution in [0.4, 0.5) is 23.0 Å². The average Bonchev–Trinajstić information content (AvgIpc) is 2.83. The molecule has 11 heteroatoms. The molecular weight excluding hydrogens is 456 g/mol. The smallest absolute Gasteiger partial charge is 0.237 e. The average molecular weight is 483 g/mol. The van der Waals surface area contributed by atoms with Gasteiger partial charge in [0.25, 0.3) is 0 Å². The van der Waals surface area contributed by atoms with Crippen molar-refractivity contribution in [2.45, 2.75) is 19.9 Å². The standard InChI is InChI=1S/C23H26N6O4S/c1-15-20(12-25-22-21(15)24-8-10-32-22)29-9-7-16-11-26-23(28-19(16)13-29)27-17-3-5-18(6-4-17)33-14-34(2,30)31/h3-6,11-12,24H,7-10,13-14H2,1-2H3,(H,26,27,28). The molecule has 10 nitrogen and oxygen atoms in total. The van der Waals surface area contributed by atoms with Crippen LogP contribution in [0.2, 0.25) is 0 Å². The molecule has 0 bridgehead atoms. The molecule has 0 amide bonds. The minimum Gasteiger partial charge on any atom is -0.478 e. The molecular formula is C23H26N6O4S. The highest BCUT2D eigenvalue weighted by Crippen LogP contribution is 2.36. The third kappa shape index (κ3) is 4.84. The Morgan fingerprint density at radius 3 is 2.82 bits per heavy atom. The zero-order chi connectivity index (χ0) is 23.7. The summed E-state index contributed by atoms with van der Waals surface area (Å²) in [5.41, 5.74) is 6.04. The summed E-state index contributed by atoms with van der Waals surface area (Å²) in [7, 11) is -3.20. The number of benzene rings is 1. The highest BCUT2D eigenvalue weighted by atomic mass is 32.2. The molecule has 0 spiro atoms. The van der Waals surface area contributed by atoms with Crippen LogP contribution in [-0.4, -0.2) is 55.3 Å². The van der Waals surface area contributed by atoms with Crippen molar-refractivity contribution in [1.82, 2.24) is 15.0 Å². The molecule has 1 aromatic carbocycles. The van der Waals surface area contributed by atoms with Crippen LogP contribution in [0.5, 0.6) is 11.6 Å². The Morgan fingerprint density at radius 2 is 2.03 bits per heavy atom. The van der Waals surface area contributed by atoms with Crippen LogP contribution in [0.25, 0.3) is 0 Å². The predicted molar refractivity (Wildman–Crippen MR) is 130 cm³/mol. The number of nitrogens with zero attached hydrogens (tertiary/aromatic N) is 4. The zero-order valence-corrected chi connectivity index (χ0v) is 19.9.